The van der Waals surface area contributed by atoms with Crippen molar-refractivity contribution in [1.82, 2.24) is 15.3 Å². The van der Waals surface area contributed by atoms with E-state index in [1.165, 1.54) is 0 Å². The van der Waals surface area contributed by atoms with Crippen molar-refractivity contribution in [3.63, 3.8) is 0 Å². The van der Waals surface area contributed by atoms with Crippen LogP contribution < -0.4 is 15.5 Å². The van der Waals surface area contributed by atoms with E-state index in [1.807, 2.05) is 61.5 Å². The zero-order valence-electron chi connectivity index (χ0n) is 19.4. The first-order valence-corrected chi connectivity index (χ1v) is 12.1. The van der Waals surface area contributed by atoms with Gasteiger partial charge in [-0.05, 0) is 67.9 Å². The van der Waals surface area contributed by atoms with Gasteiger partial charge < -0.3 is 15.5 Å². The molecule has 0 bridgehead atoms. The van der Waals surface area contributed by atoms with Crippen LogP contribution in [-0.2, 0) is 11.2 Å². The quantitative estimate of drug-likeness (QED) is 0.486. The number of anilines is 2. The van der Waals surface area contributed by atoms with Crippen LogP contribution >= 0.6 is 11.6 Å². The zero-order chi connectivity index (χ0) is 23.2. The average molecular weight is 466 g/mol. The van der Waals surface area contributed by atoms with Crippen LogP contribution in [0.4, 0.5) is 11.8 Å². The Hall–Kier alpha value is -2.86. The Bertz CT molecular complexity index is 1080. The largest absolute Gasteiger partial charge is 0.362 e. The van der Waals surface area contributed by atoms with Crippen molar-refractivity contribution in [2.24, 2.45) is 5.92 Å². The van der Waals surface area contributed by atoms with Crippen LogP contribution in [0.1, 0.15) is 37.7 Å². The summed E-state index contributed by atoms with van der Waals surface area (Å²) >= 11 is 5.92. The molecule has 1 aliphatic rings. The van der Waals surface area contributed by atoms with Gasteiger partial charge in [-0.3, -0.25) is 4.79 Å². The predicted molar refractivity (Wildman–Crippen MR) is 136 cm³/mol. The highest BCUT2D eigenvalue weighted by atomic mass is 35.5. The second-order valence-electron chi connectivity index (χ2n) is 9.07. The Morgan fingerprint density at radius 3 is 2.48 bits per heavy atom. The fourth-order valence-corrected chi connectivity index (χ4v) is 4.54. The Balaban J connectivity index is 1.23. The number of carbonyl (C=O) groups excluding carboxylic acids is 1. The molecule has 3 aromatic rings. The van der Waals surface area contributed by atoms with Crippen LogP contribution in [-0.4, -0.2) is 42.6 Å². The Labute approximate surface area is 200 Å². The second-order valence-corrected chi connectivity index (χ2v) is 9.51. The number of nitrogens with zero attached hydrogens (tertiary/aromatic N) is 3. The minimum absolute atomic E-state index is 0.117. The summed E-state index contributed by atoms with van der Waals surface area (Å²) in [4.78, 5) is 23.8. The lowest BCUT2D eigenvalue weighted by Gasteiger charge is -2.29. The van der Waals surface area contributed by atoms with Gasteiger partial charge in [0.2, 0.25) is 11.9 Å². The molecule has 1 fully saturated rings. The predicted octanol–water partition coefficient (Wildman–Crippen LogP) is 5.07. The molecule has 1 heterocycles. The van der Waals surface area contributed by atoms with Crippen molar-refractivity contribution in [2.75, 3.05) is 30.9 Å². The number of benzene rings is 2. The van der Waals surface area contributed by atoms with Gasteiger partial charge >= 0.3 is 0 Å². The van der Waals surface area contributed by atoms with Gasteiger partial charge in [-0.1, -0.05) is 35.9 Å². The highest BCUT2D eigenvalue weighted by Crippen LogP contribution is 2.28. The lowest BCUT2D eigenvalue weighted by molar-refractivity contribution is -0.121. The van der Waals surface area contributed by atoms with Gasteiger partial charge in [-0.2, -0.15) is 4.98 Å². The lowest BCUT2D eigenvalue weighted by Crippen LogP contribution is -2.34. The van der Waals surface area contributed by atoms with Gasteiger partial charge in [-0.25, -0.2) is 4.98 Å². The SMILES string of the molecule is CN(C)c1nc(N[C@H]2CC[C@@H](CNC(=O)CCc3ccc(Cl)cc3)CC2)nc2ccccc12. The highest BCUT2D eigenvalue weighted by Gasteiger charge is 2.22. The van der Waals surface area contributed by atoms with Crippen LogP contribution in [0.25, 0.3) is 10.9 Å². The number of fused-ring (bicyclic) bond motifs is 1. The van der Waals surface area contributed by atoms with Crippen LogP contribution in [0.3, 0.4) is 0 Å². The smallest absolute Gasteiger partial charge is 0.225 e. The molecule has 4 rings (SSSR count). The molecule has 0 aliphatic heterocycles. The summed E-state index contributed by atoms with van der Waals surface area (Å²) in [6.07, 6.45) is 5.52. The van der Waals surface area contributed by atoms with Gasteiger partial charge in [-0.15, -0.1) is 0 Å². The lowest BCUT2D eigenvalue weighted by atomic mass is 9.86. The number of nitrogens with one attached hydrogen (secondary N) is 2. The van der Waals surface area contributed by atoms with E-state index in [4.69, 9.17) is 21.6 Å². The van der Waals surface area contributed by atoms with Crippen LogP contribution in [0.15, 0.2) is 48.5 Å². The maximum Gasteiger partial charge on any atom is 0.225 e. The summed E-state index contributed by atoms with van der Waals surface area (Å²) in [6.45, 7) is 0.753. The van der Waals surface area contributed by atoms with E-state index < -0.39 is 0 Å². The summed E-state index contributed by atoms with van der Waals surface area (Å²) in [5, 5.41) is 8.45. The number of carbonyl (C=O) groups is 1. The average Bonchev–Trinajstić information content (AvgIpc) is 2.82. The number of aryl methyl sites for hydroxylation is 1. The van der Waals surface area contributed by atoms with Gasteiger partial charge in [0.05, 0.1) is 5.52 Å². The molecule has 0 atom stereocenters. The molecule has 2 N–H and O–H groups in total. The number of halogens is 1. The van der Waals surface area contributed by atoms with Gasteiger partial charge in [0.15, 0.2) is 0 Å². The first-order chi connectivity index (χ1) is 16.0. The molecule has 0 spiro atoms. The van der Waals surface area contributed by atoms with Crippen molar-refractivity contribution in [3.05, 3.63) is 59.1 Å². The minimum Gasteiger partial charge on any atom is -0.362 e. The summed E-state index contributed by atoms with van der Waals surface area (Å²) in [5.41, 5.74) is 2.09. The molecule has 174 valence electrons. The number of para-hydroxylation sites is 1. The Kier molecular flexibility index (Phi) is 7.65. The normalized spacial score (nSPS) is 18.2. The van der Waals surface area contributed by atoms with Crippen molar-refractivity contribution in [2.45, 2.75) is 44.6 Å². The molecule has 6 nitrogen and oxygen atoms in total. The summed E-state index contributed by atoms with van der Waals surface area (Å²) in [7, 11) is 4.01. The molecule has 1 aromatic heterocycles. The standard InChI is InChI=1S/C26H32ClN5O/c1-32(2)25-22-5-3-4-6-23(22)30-26(31-25)29-21-14-9-19(10-15-21)17-28-24(33)16-11-18-7-12-20(27)13-8-18/h3-8,12-13,19,21H,9-11,14-17H2,1-2H3,(H,28,33)(H,29,30,31)/t19-,21+. The van der Waals surface area contributed by atoms with E-state index in [0.29, 0.717) is 24.3 Å². The second kappa shape index (κ2) is 10.8. The van der Waals surface area contributed by atoms with Crippen molar-refractivity contribution in [1.29, 1.82) is 0 Å². The third kappa shape index (κ3) is 6.35. The number of hydrogen-bond acceptors (Lipinski definition) is 5. The van der Waals surface area contributed by atoms with Gasteiger partial charge in [0, 0.05) is 43.5 Å². The molecule has 2 aromatic carbocycles. The van der Waals surface area contributed by atoms with E-state index in [9.17, 15) is 4.79 Å². The van der Waals surface area contributed by atoms with Crippen LogP contribution in [0.5, 0.6) is 0 Å². The maximum atomic E-state index is 12.3. The van der Waals surface area contributed by atoms with Gasteiger partial charge in [0.1, 0.15) is 5.82 Å². The van der Waals surface area contributed by atoms with E-state index in [1.54, 1.807) is 0 Å². The molecule has 33 heavy (non-hydrogen) atoms. The minimum atomic E-state index is 0.117. The van der Waals surface area contributed by atoms with E-state index in [2.05, 4.69) is 16.7 Å². The fourth-order valence-electron chi connectivity index (χ4n) is 4.41. The number of hydrogen-bond donors (Lipinski definition) is 2. The molecule has 0 unspecified atom stereocenters. The van der Waals surface area contributed by atoms with E-state index in [-0.39, 0.29) is 5.91 Å². The van der Waals surface area contributed by atoms with Crippen molar-refractivity contribution < 1.29 is 4.79 Å². The third-order valence-corrected chi connectivity index (χ3v) is 6.58. The summed E-state index contributed by atoms with van der Waals surface area (Å²) in [5.74, 6) is 2.26. The first kappa shape index (κ1) is 23.3. The van der Waals surface area contributed by atoms with Crippen LogP contribution in [0, 0.1) is 5.92 Å². The Morgan fingerprint density at radius 2 is 1.76 bits per heavy atom. The summed E-state index contributed by atoms with van der Waals surface area (Å²) < 4.78 is 0. The molecule has 1 aliphatic carbocycles. The molecule has 0 saturated heterocycles. The van der Waals surface area contributed by atoms with E-state index in [0.717, 1.165) is 66.0 Å². The fraction of sp³-hybridized carbons (Fsp3) is 0.423. The topological polar surface area (TPSA) is 70.2 Å². The summed E-state index contributed by atoms with van der Waals surface area (Å²) in [6, 6.07) is 16.2. The molecule has 0 radical (unpaired) electrons. The molecular weight excluding hydrogens is 434 g/mol. The molecule has 1 amide bonds. The Morgan fingerprint density at radius 1 is 1.03 bits per heavy atom. The number of amides is 1. The first-order valence-electron chi connectivity index (χ1n) is 11.7. The third-order valence-electron chi connectivity index (χ3n) is 6.33. The molecule has 7 heteroatoms. The van der Waals surface area contributed by atoms with Crippen molar-refractivity contribution >= 4 is 40.2 Å². The zero-order valence-corrected chi connectivity index (χ0v) is 20.1. The molecule has 1 saturated carbocycles. The number of aromatic nitrogens is 2. The van der Waals surface area contributed by atoms with E-state index >= 15 is 0 Å². The van der Waals surface area contributed by atoms with Crippen molar-refractivity contribution in [3.8, 4) is 0 Å². The monoisotopic (exact) mass is 465 g/mol. The van der Waals surface area contributed by atoms with Gasteiger partial charge in [0.25, 0.3) is 0 Å². The molecular formula is C26H32ClN5O. The maximum absolute atomic E-state index is 12.3. The van der Waals surface area contributed by atoms with Crippen LogP contribution in [0.2, 0.25) is 5.02 Å². The highest BCUT2D eigenvalue weighted by molar-refractivity contribution is 6.30. The number of rotatable bonds is 8.